The highest BCUT2D eigenvalue weighted by molar-refractivity contribution is 5.99. The number of halogens is 1. The molecule has 0 spiro atoms. The van der Waals surface area contributed by atoms with Crippen LogP contribution in [0.25, 0.3) is 0 Å². The fraction of sp³-hybridized carbons (Fsp3) is 0.438. The van der Waals surface area contributed by atoms with Gasteiger partial charge < -0.3 is 15.4 Å². The third-order valence-corrected chi connectivity index (χ3v) is 3.18. The minimum Gasteiger partial charge on any atom is -0.444 e. The van der Waals surface area contributed by atoms with Crippen LogP contribution in [0.1, 0.15) is 33.6 Å². The van der Waals surface area contributed by atoms with E-state index in [1.165, 1.54) is 12.1 Å². The van der Waals surface area contributed by atoms with Crippen molar-refractivity contribution < 1.29 is 23.5 Å². The average Bonchev–Trinajstić information content (AvgIpc) is 2.87. The second kappa shape index (κ2) is 6.86. The lowest BCUT2D eigenvalue weighted by Gasteiger charge is -2.20. The van der Waals surface area contributed by atoms with Crippen molar-refractivity contribution in [3.05, 3.63) is 24.0 Å². The summed E-state index contributed by atoms with van der Waals surface area (Å²) in [6.45, 7) is 5.16. The highest BCUT2D eigenvalue weighted by atomic mass is 19.1. The second-order valence-electron chi connectivity index (χ2n) is 6.47. The molecule has 7 nitrogen and oxygen atoms in total. The number of hydrogen-bond donors (Lipinski definition) is 3. The standard InChI is InChI=1S/C16H20FN3O4/c1-16(2,3)24-15(23)18-9-4-5-10(17)12(8-9)20-14(22)11-6-7-13(21)19-11/h4-5,8,11H,6-7H2,1-3H3,(H,18,23)(H,19,21)(H,20,22)/t11-/m1/s1. The first-order valence-electron chi connectivity index (χ1n) is 7.54. The predicted molar refractivity (Wildman–Crippen MR) is 86.1 cm³/mol. The van der Waals surface area contributed by atoms with E-state index in [2.05, 4.69) is 16.0 Å². The van der Waals surface area contributed by atoms with E-state index >= 15 is 0 Å². The molecule has 1 aliphatic rings. The Kier molecular flexibility index (Phi) is 5.06. The number of anilines is 2. The van der Waals surface area contributed by atoms with Crippen LogP contribution in [-0.4, -0.2) is 29.6 Å². The lowest BCUT2D eigenvalue weighted by molar-refractivity contribution is -0.122. The smallest absolute Gasteiger partial charge is 0.412 e. The van der Waals surface area contributed by atoms with Crippen molar-refractivity contribution in [2.75, 3.05) is 10.6 Å². The van der Waals surface area contributed by atoms with Gasteiger partial charge in [-0.3, -0.25) is 14.9 Å². The van der Waals surface area contributed by atoms with Crippen molar-refractivity contribution in [1.29, 1.82) is 0 Å². The number of nitrogens with one attached hydrogen (secondary N) is 3. The Morgan fingerprint density at radius 3 is 2.58 bits per heavy atom. The lowest BCUT2D eigenvalue weighted by atomic mass is 10.2. The van der Waals surface area contributed by atoms with E-state index in [4.69, 9.17) is 4.74 Å². The minimum absolute atomic E-state index is 0.0882. The van der Waals surface area contributed by atoms with Crippen LogP contribution in [0.3, 0.4) is 0 Å². The molecule has 2 rings (SSSR count). The van der Waals surface area contributed by atoms with Crippen LogP contribution in [-0.2, 0) is 14.3 Å². The van der Waals surface area contributed by atoms with Crippen molar-refractivity contribution in [3.8, 4) is 0 Å². The average molecular weight is 337 g/mol. The first-order valence-corrected chi connectivity index (χ1v) is 7.54. The first kappa shape index (κ1) is 17.7. The van der Waals surface area contributed by atoms with Crippen LogP contribution in [0.4, 0.5) is 20.6 Å². The monoisotopic (exact) mass is 337 g/mol. The van der Waals surface area contributed by atoms with Gasteiger partial charge in [-0.05, 0) is 45.4 Å². The van der Waals surface area contributed by atoms with Gasteiger partial charge in [-0.2, -0.15) is 0 Å². The number of rotatable bonds is 3. The molecule has 1 fully saturated rings. The number of benzene rings is 1. The summed E-state index contributed by atoms with van der Waals surface area (Å²) in [4.78, 5) is 34.9. The van der Waals surface area contributed by atoms with Gasteiger partial charge in [0.2, 0.25) is 11.8 Å². The molecule has 1 saturated heterocycles. The third kappa shape index (κ3) is 4.94. The molecule has 1 aromatic rings. The Morgan fingerprint density at radius 1 is 1.29 bits per heavy atom. The summed E-state index contributed by atoms with van der Waals surface area (Å²) in [6, 6.07) is 3.08. The van der Waals surface area contributed by atoms with Crippen molar-refractivity contribution in [3.63, 3.8) is 0 Å². The minimum atomic E-state index is -0.686. The van der Waals surface area contributed by atoms with Gasteiger partial charge in [0.15, 0.2) is 0 Å². The van der Waals surface area contributed by atoms with Gasteiger partial charge in [0.05, 0.1) is 5.69 Å². The maximum Gasteiger partial charge on any atom is 0.412 e. The molecule has 130 valence electrons. The van der Waals surface area contributed by atoms with E-state index in [0.29, 0.717) is 6.42 Å². The van der Waals surface area contributed by atoms with E-state index in [9.17, 15) is 18.8 Å². The number of ether oxygens (including phenoxy) is 1. The van der Waals surface area contributed by atoms with E-state index in [1.807, 2.05) is 0 Å². The van der Waals surface area contributed by atoms with Gasteiger partial charge in [0.25, 0.3) is 0 Å². The summed E-state index contributed by atoms with van der Waals surface area (Å²) in [5, 5.41) is 7.38. The van der Waals surface area contributed by atoms with Crippen molar-refractivity contribution in [2.24, 2.45) is 0 Å². The molecule has 1 aromatic carbocycles. The van der Waals surface area contributed by atoms with Crippen molar-refractivity contribution in [2.45, 2.75) is 45.3 Å². The predicted octanol–water partition coefficient (Wildman–Crippen LogP) is 2.39. The summed E-state index contributed by atoms with van der Waals surface area (Å²) in [6.07, 6.45) is -0.0578. The molecule has 3 amide bonds. The third-order valence-electron chi connectivity index (χ3n) is 3.18. The zero-order valence-corrected chi connectivity index (χ0v) is 13.7. The summed E-state index contributed by atoms with van der Waals surface area (Å²) in [5.41, 5.74) is -0.479. The fourth-order valence-corrected chi connectivity index (χ4v) is 2.15. The van der Waals surface area contributed by atoms with E-state index in [-0.39, 0.29) is 23.7 Å². The summed E-state index contributed by atoms with van der Waals surface area (Å²) < 4.78 is 19.0. The molecule has 0 bridgehead atoms. The molecule has 24 heavy (non-hydrogen) atoms. The van der Waals surface area contributed by atoms with Crippen LogP contribution >= 0.6 is 0 Å². The Bertz CT molecular complexity index is 670. The quantitative estimate of drug-likeness (QED) is 0.789. The molecule has 0 aliphatic carbocycles. The van der Waals surface area contributed by atoms with Crippen molar-refractivity contribution in [1.82, 2.24) is 5.32 Å². The van der Waals surface area contributed by atoms with Crippen LogP contribution < -0.4 is 16.0 Å². The number of amides is 3. The Morgan fingerprint density at radius 2 is 2.00 bits per heavy atom. The van der Waals surface area contributed by atoms with Gasteiger partial charge in [-0.25, -0.2) is 9.18 Å². The Balaban J connectivity index is 2.04. The SMILES string of the molecule is CC(C)(C)OC(=O)Nc1ccc(F)c(NC(=O)[C@H]2CCC(=O)N2)c1. The highest BCUT2D eigenvalue weighted by Crippen LogP contribution is 2.21. The summed E-state index contributed by atoms with van der Waals surface area (Å²) in [7, 11) is 0. The van der Waals surface area contributed by atoms with Crippen LogP contribution in [0, 0.1) is 5.82 Å². The Hall–Kier alpha value is -2.64. The second-order valence-corrected chi connectivity index (χ2v) is 6.47. The molecule has 3 N–H and O–H groups in total. The normalized spacial score (nSPS) is 17.2. The van der Waals surface area contributed by atoms with Crippen LogP contribution in [0.5, 0.6) is 0 Å². The Labute approximate surface area is 138 Å². The molecule has 1 aliphatic heterocycles. The van der Waals surface area contributed by atoms with Crippen LogP contribution in [0.2, 0.25) is 0 Å². The molecular formula is C16H20FN3O4. The maximum absolute atomic E-state index is 13.9. The van der Waals surface area contributed by atoms with Gasteiger partial charge in [-0.1, -0.05) is 0 Å². The topological polar surface area (TPSA) is 96.5 Å². The first-order chi connectivity index (χ1) is 11.1. The highest BCUT2D eigenvalue weighted by Gasteiger charge is 2.27. The van der Waals surface area contributed by atoms with Gasteiger partial charge in [0.1, 0.15) is 17.5 Å². The van der Waals surface area contributed by atoms with Gasteiger partial charge >= 0.3 is 6.09 Å². The molecule has 1 atom stereocenters. The number of carbonyl (C=O) groups is 3. The van der Waals surface area contributed by atoms with Gasteiger partial charge in [0, 0.05) is 12.1 Å². The zero-order valence-electron chi connectivity index (χ0n) is 13.7. The number of hydrogen-bond acceptors (Lipinski definition) is 4. The molecule has 8 heteroatoms. The zero-order chi connectivity index (χ0) is 17.9. The van der Waals surface area contributed by atoms with E-state index < -0.39 is 29.5 Å². The molecule has 0 saturated carbocycles. The molecule has 1 heterocycles. The lowest BCUT2D eigenvalue weighted by Crippen LogP contribution is -2.37. The summed E-state index contributed by atoms with van der Waals surface area (Å²) >= 11 is 0. The largest absolute Gasteiger partial charge is 0.444 e. The molecule has 0 radical (unpaired) electrons. The summed E-state index contributed by atoms with van der Waals surface area (Å²) in [5.74, 6) is -1.37. The fourth-order valence-electron chi connectivity index (χ4n) is 2.15. The molecule has 0 unspecified atom stereocenters. The van der Waals surface area contributed by atoms with E-state index in [0.717, 1.165) is 6.07 Å². The van der Waals surface area contributed by atoms with Gasteiger partial charge in [-0.15, -0.1) is 0 Å². The van der Waals surface area contributed by atoms with Crippen LogP contribution in [0.15, 0.2) is 18.2 Å². The van der Waals surface area contributed by atoms with Crippen molar-refractivity contribution >= 4 is 29.3 Å². The molecular weight excluding hydrogens is 317 g/mol. The molecule has 0 aromatic heterocycles. The van der Waals surface area contributed by atoms with E-state index in [1.54, 1.807) is 20.8 Å². The maximum atomic E-state index is 13.9. The number of carbonyl (C=O) groups excluding carboxylic acids is 3.